The van der Waals surface area contributed by atoms with Crippen molar-refractivity contribution in [1.29, 1.82) is 0 Å². The Morgan fingerprint density at radius 3 is 2.74 bits per heavy atom. The number of nitrogens with two attached hydrogens (primary N) is 1. The van der Waals surface area contributed by atoms with E-state index in [0.29, 0.717) is 24.2 Å². The van der Waals surface area contributed by atoms with E-state index in [9.17, 15) is 9.90 Å². The number of anilines is 1. The number of aliphatic hydroxyl groups excluding tert-OH is 1. The Labute approximate surface area is 111 Å². The number of nitrogens with zero attached hydrogens (tertiary/aromatic N) is 2. The molecule has 0 radical (unpaired) electrons. The average molecular weight is 262 g/mol. The molecule has 1 aromatic heterocycles. The molecule has 4 N–H and O–H groups in total. The van der Waals surface area contributed by atoms with Gasteiger partial charge in [-0.25, -0.2) is 0 Å². The Kier molecular flexibility index (Phi) is 3.12. The van der Waals surface area contributed by atoms with Crippen LogP contribution in [-0.2, 0) is 0 Å². The van der Waals surface area contributed by atoms with E-state index in [1.807, 2.05) is 4.90 Å². The van der Waals surface area contributed by atoms with Gasteiger partial charge in [0.1, 0.15) is 5.69 Å². The number of rotatable bonds is 2. The number of nitrogens with one attached hydrogen (secondary N) is 1. The van der Waals surface area contributed by atoms with Gasteiger partial charge in [0, 0.05) is 18.3 Å². The van der Waals surface area contributed by atoms with Crippen LogP contribution in [-0.4, -0.2) is 39.1 Å². The number of piperidine rings is 1. The van der Waals surface area contributed by atoms with Crippen LogP contribution in [0.1, 0.15) is 36.2 Å². The van der Waals surface area contributed by atoms with E-state index in [-0.39, 0.29) is 24.1 Å². The van der Waals surface area contributed by atoms with Crippen molar-refractivity contribution in [3.63, 3.8) is 0 Å². The number of aliphatic hydroxyl groups is 1. The first-order valence-electron chi connectivity index (χ1n) is 6.62. The van der Waals surface area contributed by atoms with Gasteiger partial charge in [0.2, 0.25) is 0 Å². The van der Waals surface area contributed by atoms with E-state index in [2.05, 4.69) is 10.4 Å². The van der Waals surface area contributed by atoms with Crippen LogP contribution in [0.25, 0.3) is 0 Å². The number of carbonyl (C=O) groups excluding carboxylic acids is 1. The van der Waals surface area contributed by atoms with Crippen LogP contribution in [0.5, 0.6) is 0 Å². The number of amides is 1. The largest absolute Gasteiger partial charge is 0.393 e. The lowest BCUT2D eigenvalue weighted by molar-refractivity contribution is 0.0282. The fourth-order valence-electron chi connectivity index (χ4n) is 3.25. The number of hydrogen-bond acceptors (Lipinski definition) is 5. The van der Waals surface area contributed by atoms with Gasteiger partial charge in [-0.05, 0) is 37.8 Å². The van der Waals surface area contributed by atoms with Crippen LogP contribution >= 0.6 is 0 Å². The van der Waals surface area contributed by atoms with Crippen molar-refractivity contribution in [2.45, 2.75) is 43.9 Å². The van der Waals surface area contributed by atoms with Crippen molar-refractivity contribution >= 4 is 11.6 Å². The molecule has 2 bridgehead atoms. The Bertz CT molecular complexity index is 479. The minimum absolute atomic E-state index is 0.0588. The number of hydrogen-bond donors (Lipinski definition) is 3. The van der Waals surface area contributed by atoms with Crippen LogP contribution in [0, 0.1) is 0 Å². The minimum atomic E-state index is -0.272. The standard InChI is InChI=1S/C13H18N4O2/c14-16-8-3-4-15-12(5-8)13(19)17-9-1-2-10(17)7-11(18)6-9/h3-5,9-11,18H,1-2,6-7,14H2,(H,15,16). The molecule has 6 nitrogen and oxygen atoms in total. The van der Waals surface area contributed by atoms with E-state index in [1.54, 1.807) is 18.3 Å². The van der Waals surface area contributed by atoms with Gasteiger partial charge >= 0.3 is 0 Å². The molecule has 1 amide bonds. The van der Waals surface area contributed by atoms with Crippen LogP contribution in [0.15, 0.2) is 18.3 Å². The summed E-state index contributed by atoms with van der Waals surface area (Å²) in [6, 6.07) is 3.67. The molecule has 19 heavy (non-hydrogen) atoms. The van der Waals surface area contributed by atoms with Crippen molar-refractivity contribution in [2.75, 3.05) is 5.43 Å². The molecule has 2 fully saturated rings. The monoisotopic (exact) mass is 262 g/mol. The molecule has 0 saturated carbocycles. The van der Waals surface area contributed by atoms with E-state index in [1.165, 1.54) is 0 Å². The quantitative estimate of drug-likeness (QED) is 0.533. The van der Waals surface area contributed by atoms with Gasteiger partial charge in [-0.3, -0.25) is 15.6 Å². The lowest BCUT2D eigenvalue weighted by Gasteiger charge is -2.37. The molecule has 2 saturated heterocycles. The third-order valence-corrected chi connectivity index (χ3v) is 4.09. The van der Waals surface area contributed by atoms with Crippen molar-refractivity contribution < 1.29 is 9.90 Å². The van der Waals surface area contributed by atoms with Gasteiger partial charge in [-0.1, -0.05) is 0 Å². The van der Waals surface area contributed by atoms with Crippen LogP contribution in [0.2, 0.25) is 0 Å². The summed E-state index contributed by atoms with van der Waals surface area (Å²) in [5, 5.41) is 9.76. The van der Waals surface area contributed by atoms with Gasteiger partial charge in [-0.2, -0.15) is 0 Å². The molecule has 3 rings (SSSR count). The molecule has 3 heterocycles. The summed E-state index contributed by atoms with van der Waals surface area (Å²) in [5.41, 5.74) is 3.59. The number of pyridine rings is 1. The molecule has 0 spiro atoms. The van der Waals surface area contributed by atoms with Gasteiger partial charge in [-0.15, -0.1) is 0 Å². The third kappa shape index (κ3) is 2.17. The van der Waals surface area contributed by atoms with Gasteiger partial charge < -0.3 is 15.4 Å². The zero-order chi connectivity index (χ0) is 13.4. The number of carbonyl (C=O) groups is 1. The number of nitrogen functional groups attached to an aromatic ring is 1. The van der Waals surface area contributed by atoms with Gasteiger partial charge in [0.05, 0.1) is 11.8 Å². The SMILES string of the molecule is NNc1ccnc(C(=O)N2C3CCC2CC(O)C3)c1. The Hall–Kier alpha value is -1.66. The second-order valence-electron chi connectivity index (χ2n) is 5.30. The van der Waals surface area contributed by atoms with Crippen molar-refractivity contribution in [3.05, 3.63) is 24.0 Å². The zero-order valence-electron chi connectivity index (χ0n) is 10.6. The first-order chi connectivity index (χ1) is 9.19. The average Bonchev–Trinajstić information content (AvgIpc) is 2.70. The summed E-state index contributed by atoms with van der Waals surface area (Å²) in [7, 11) is 0. The van der Waals surface area contributed by atoms with E-state index >= 15 is 0 Å². The highest BCUT2D eigenvalue weighted by Crippen LogP contribution is 2.36. The maximum Gasteiger partial charge on any atom is 0.273 e. The minimum Gasteiger partial charge on any atom is -0.393 e. The van der Waals surface area contributed by atoms with Crippen LogP contribution < -0.4 is 11.3 Å². The summed E-state index contributed by atoms with van der Waals surface area (Å²) >= 11 is 0. The van der Waals surface area contributed by atoms with Gasteiger partial charge in [0.25, 0.3) is 5.91 Å². The molecule has 0 aliphatic carbocycles. The summed E-state index contributed by atoms with van der Waals surface area (Å²) in [6.07, 6.45) is 4.61. The summed E-state index contributed by atoms with van der Waals surface area (Å²) in [5.74, 6) is 5.29. The lowest BCUT2D eigenvalue weighted by Crippen LogP contribution is -2.48. The zero-order valence-corrected chi connectivity index (χ0v) is 10.6. The maximum absolute atomic E-state index is 12.5. The molecule has 102 valence electrons. The maximum atomic E-state index is 12.5. The number of hydrazine groups is 1. The molecule has 2 aliphatic rings. The summed E-state index contributed by atoms with van der Waals surface area (Å²) in [6.45, 7) is 0. The highest BCUT2D eigenvalue weighted by Gasteiger charge is 2.43. The predicted molar refractivity (Wildman–Crippen MR) is 70.3 cm³/mol. The fourth-order valence-corrected chi connectivity index (χ4v) is 3.25. The second kappa shape index (κ2) is 4.79. The molecular weight excluding hydrogens is 244 g/mol. The van der Waals surface area contributed by atoms with Crippen LogP contribution in [0.3, 0.4) is 0 Å². The predicted octanol–water partition coefficient (Wildman–Crippen LogP) is 0.495. The molecular formula is C13H18N4O2. The molecule has 1 aromatic rings. The van der Waals surface area contributed by atoms with Crippen LogP contribution in [0.4, 0.5) is 5.69 Å². The lowest BCUT2D eigenvalue weighted by atomic mass is 9.99. The topological polar surface area (TPSA) is 91.5 Å². The third-order valence-electron chi connectivity index (χ3n) is 4.09. The Morgan fingerprint density at radius 2 is 2.11 bits per heavy atom. The smallest absolute Gasteiger partial charge is 0.273 e. The highest BCUT2D eigenvalue weighted by molar-refractivity contribution is 5.93. The van der Waals surface area contributed by atoms with Crippen molar-refractivity contribution in [3.8, 4) is 0 Å². The van der Waals surface area contributed by atoms with E-state index in [4.69, 9.17) is 5.84 Å². The highest BCUT2D eigenvalue weighted by atomic mass is 16.3. The Balaban J connectivity index is 1.84. The first-order valence-corrected chi connectivity index (χ1v) is 6.62. The molecule has 2 atom stereocenters. The molecule has 6 heteroatoms. The van der Waals surface area contributed by atoms with Gasteiger partial charge in [0.15, 0.2) is 0 Å². The van der Waals surface area contributed by atoms with Crippen molar-refractivity contribution in [1.82, 2.24) is 9.88 Å². The number of aromatic nitrogens is 1. The summed E-state index contributed by atoms with van der Waals surface area (Å²) in [4.78, 5) is 18.6. The normalized spacial score (nSPS) is 29.4. The van der Waals surface area contributed by atoms with E-state index in [0.717, 1.165) is 12.8 Å². The molecule has 0 aromatic carbocycles. The Morgan fingerprint density at radius 1 is 1.42 bits per heavy atom. The van der Waals surface area contributed by atoms with E-state index < -0.39 is 0 Å². The second-order valence-corrected chi connectivity index (χ2v) is 5.30. The molecule has 2 aliphatic heterocycles. The van der Waals surface area contributed by atoms with Crippen molar-refractivity contribution in [2.24, 2.45) is 5.84 Å². The molecule has 2 unspecified atom stereocenters. The first kappa shape index (κ1) is 12.4. The fraction of sp³-hybridized carbons (Fsp3) is 0.538. The number of fused-ring (bicyclic) bond motifs is 2. The summed E-state index contributed by atoms with van der Waals surface area (Å²) < 4.78 is 0.